The van der Waals surface area contributed by atoms with Crippen LogP contribution in [0.3, 0.4) is 0 Å². The van der Waals surface area contributed by atoms with Crippen molar-refractivity contribution in [3.05, 3.63) is 54.1 Å². The summed E-state index contributed by atoms with van der Waals surface area (Å²) in [6.45, 7) is 0. The fourth-order valence-electron chi connectivity index (χ4n) is 1.75. The van der Waals surface area contributed by atoms with Gasteiger partial charge in [-0.15, -0.1) is 0 Å². The predicted octanol–water partition coefficient (Wildman–Crippen LogP) is 2.63. The quantitative estimate of drug-likeness (QED) is 0.458. The number of nitrogens with two attached hydrogens (primary N) is 1. The molecule has 0 aliphatic carbocycles. The SMILES string of the molecule is COc1ccc(NC(=O)/C=C/c2cccc(N)c2)c(O)c1. The Bertz CT molecular complexity index is 681. The number of methoxy groups -OCH3 is 1. The number of nitrogen functional groups attached to an aromatic ring is 1. The van der Waals surface area contributed by atoms with Crippen molar-refractivity contribution in [2.45, 2.75) is 0 Å². The van der Waals surface area contributed by atoms with E-state index in [1.807, 2.05) is 12.1 Å². The highest BCUT2D eigenvalue weighted by Gasteiger charge is 2.05. The number of aromatic hydroxyl groups is 1. The van der Waals surface area contributed by atoms with Crippen molar-refractivity contribution < 1.29 is 14.6 Å². The molecule has 0 atom stereocenters. The summed E-state index contributed by atoms with van der Waals surface area (Å²) >= 11 is 0. The number of phenols is 1. The van der Waals surface area contributed by atoms with Crippen molar-refractivity contribution in [1.82, 2.24) is 0 Å². The molecule has 108 valence electrons. The average molecular weight is 284 g/mol. The van der Waals surface area contributed by atoms with Gasteiger partial charge in [0.2, 0.25) is 5.91 Å². The third-order valence-corrected chi connectivity index (χ3v) is 2.80. The minimum atomic E-state index is -0.349. The van der Waals surface area contributed by atoms with Gasteiger partial charge in [-0.1, -0.05) is 12.1 Å². The van der Waals surface area contributed by atoms with E-state index in [4.69, 9.17) is 10.5 Å². The summed E-state index contributed by atoms with van der Waals surface area (Å²) < 4.78 is 4.97. The lowest BCUT2D eigenvalue weighted by atomic mass is 10.2. The Hall–Kier alpha value is -2.95. The number of benzene rings is 2. The smallest absolute Gasteiger partial charge is 0.248 e. The molecule has 0 bridgehead atoms. The van der Waals surface area contributed by atoms with Gasteiger partial charge in [0, 0.05) is 17.8 Å². The zero-order valence-electron chi connectivity index (χ0n) is 11.5. The fraction of sp³-hybridized carbons (Fsp3) is 0.0625. The van der Waals surface area contributed by atoms with E-state index in [0.717, 1.165) is 5.56 Å². The van der Waals surface area contributed by atoms with E-state index in [-0.39, 0.29) is 11.7 Å². The van der Waals surface area contributed by atoms with E-state index in [2.05, 4.69) is 5.32 Å². The molecule has 2 aromatic carbocycles. The average Bonchev–Trinajstić information content (AvgIpc) is 2.47. The maximum Gasteiger partial charge on any atom is 0.248 e. The zero-order chi connectivity index (χ0) is 15.2. The molecular formula is C16H16N2O3. The number of anilines is 2. The third kappa shape index (κ3) is 4.01. The van der Waals surface area contributed by atoms with Crippen molar-refractivity contribution >= 4 is 23.4 Å². The molecule has 2 aromatic rings. The number of rotatable bonds is 4. The zero-order valence-corrected chi connectivity index (χ0v) is 11.5. The van der Waals surface area contributed by atoms with Gasteiger partial charge in [0.05, 0.1) is 12.8 Å². The molecule has 0 saturated carbocycles. The van der Waals surface area contributed by atoms with Crippen LogP contribution in [-0.4, -0.2) is 18.1 Å². The van der Waals surface area contributed by atoms with Crippen molar-refractivity contribution in [1.29, 1.82) is 0 Å². The van der Waals surface area contributed by atoms with Crippen molar-refractivity contribution in [2.75, 3.05) is 18.2 Å². The van der Waals surface area contributed by atoms with Crippen LogP contribution in [0.5, 0.6) is 11.5 Å². The van der Waals surface area contributed by atoms with Gasteiger partial charge in [0.1, 0.15) is 11.5 Å². The molecule has 21 heavy (non-hydrogen) atoms. The number of hydrogen-bond donors (Lipinski definition) is 3. The first-order chi connectivity index (χ1) is 10.1. The largest absolute Gasteiger partial charge is 0.506 e. The standard InChI is InChI=1S/C16H16N2O3/c1-21-13-6-7-14(15(19)10-13)18-16(20)8-5-11-3-2-4-12(17)9-11/h2-10,19H,17H2,1H3,(H,18,20)/b8-5+. The lowest BCUT2D eigenvalue weighted by Gasteiger charge is -2.07. The normalized spacial score (nSPS) is 10.5. The molecule has 1 amide bonds. The Morgan fingerprint density at radius 2 is 2.10 bits per heavy atom. The van der Waals surface area contributed by atoms with Gasteiger partial charge in [0.25, 0.3) is 0 Å². The highest BCUT2D eigenvalue weighted by molar-refractivity contribution is 6.02. The molecule has 4 N–H and O–H groups in total. The number of carbonyl (C=O) groups excluding carboxylic acids is 1. The molecule has 2 rings (SSSR count). The summed E-state index contributed by atoms with van der Waals surface area (Å²) in [5, 5.41) is 12.3. The molecule has 0 aliphatic rings. The van der Waals surface area contributed by atoms with Gasteiger partial charge in [-0.25, -0.2) is 0 Å². The van der Waals surface area contributed by atoms with Crippen LogP contribution >= 0.6 is 0 Å². The minimum absolute atomic E-state index is 0.0555. The summed E-state index contributed by atoms with van der Waals surface area (Å²) in [6, 6.07) is 11.8. The first-order valence-electron chi connectivity index (χ1n) is 6.30. The summed E-state index contributed by atoms with van der Waals surface area (Å²) in [7, 11) is 1.50. The number of phenolic OH excluding ortho intramolecular Hbond substituents is 1. The van der Waals surface area contributed by atoms with E-state index in [9.17, 15) is 9.90 Å². The van der Waals surface area contributed by atoms with Crippen LogP contribution in [0.2, 0.25) is 0 Å². The molecule has 5 nitrogen and oxygen atoms in total. The van der Waals surface area contributed by atoms with Crippen LogP contribution in [0.15, 0.2) is 48.5 Å². The second kappa shape index (κ2) is 6.47. The molecular weight excluding hydrogens is 268 g/mol. The molecule has 0 fully saturated rings. The van der Waals surface area contributed by atoms with Crippen LogP contribution in [0.4, 0.5) is 11.4 Å². The molecule has 0 aliphatic heterocycles. The third-order valence-electron chi connectivity index (χ3n) is 2.80. The molecule has 0 radical (unpaired) electrons. The molecule has 0 aromatic heterocycles. The van der Waals surface area contributed by atoms with E-state index >= 15 is 0 Å². The van der Waals surface area contributed by atoms with Gasteiger partial charge < -0.3 is 20.9 Å². The maximum absolute atomic E-state index is 11.8. The van der Waals surface area contributed by atoms with Gasteiger partial charge in [-0.2, -0.15) is 0 Å². The minimum Gasteiger partial charge on any atom is -0.506 e. The summed E-state index contributed by atoms with van der Waals surface area (Å²) in [4.78, 5) is 11.8. The lowest BCUT2D eigenvalue weighted by Crippen LogP contribution is -2.07. The molecule has 0 unspecified atom stereocenters. The van der Waals surface area contributed by atoms with Crippen LogP contribution in [0, 0.1) is 0 Å². The van der Waals surface area contributed by atoms with Crippen molar-refractivity contribution in [2.24, 2.45) is 0 Å². The van der Waals surface area contributed by atoms with Crippen molar-refractivity contribution in [3.63, 3.8) is 0 Å². The topological polar surface area (TPSA) is 84.6 Å². The number of nitrogens with one attached hydrogen (secondary N) is 1. The van der Waals surface area contributed by atoms with Gasteiger partial charge in [0.15, 0.2) is 0 Å². The molecule has 0 spiro atoms. The Kier molecular flexibility index (Phi) is 4.46. The number of carbonyl (C=O) groups is 1. The van der Waals surface area contributed by atoms with Gasteiger partial charge in [-0.05, 0) is 35.9 Å². The van der Waals surface area contributed by atoms with Crippen LogP contribution in [0.25, 0.3) is 6.08 Å². The second-order valence-electron chi connectivity index (χ2n) is 4.38. The number of amides is 1. The van der Waals surface area contributed by atoms with Gasteiger partial charge in [-0.3, -0.25) is 4.79 Å². The Balaban J connectivity index is 2.05. The number of hydrogen-bond acceptors (Lipinski definition) is 4. The van der Waals surface area contributed by atoms with E-state index in [0.29, 0.717) is 17.1 Å². The monoisotopic (exact) mass is 284 g/mol. The van der Waals surface area contributed by atoms with Crippen LogP contribution in [-0.2, 0) is 4.79 Å². The summed E-state index contributed by atoms with van der Waals surface area (Å²) in [5.74, 6) is 0.110. The van der Waals surface area contributed by atoms with Crippen molar-refractivity contribution in [3.8, 4) is 11.5 Å². The maximum atomic E-state index is 11.8. The fourth-order valence-corrected chi connectivity index (χ4v) is 1.75. The first kappa shape index (κ1) is 14.5. The lowest BCUT2D eigenvalue weighted by molar-refractivity contribution is -0.111. The predicted molar refractivity (Wildman–Crippen MR) is 83.2 cm³/mol. The first-order valence-corrected chi connectivity index (χ1v) is 6.30. The number of ether oxygens (including phenoxy) is 1. The van der Waals surface area contributed by atoms with Crippen LogP contribution in [0.1, 0.15) is 5.56 Å². The van der Waals surface area contributed by atoms with E-state index in [1.54, 1.807) is 30.3 Å². The highest BCUT2D eigenvalue weighted by atomic mass is 16.5. The molecule has 0 heterocycles. The second-order valence-corrected chi connectivity index (χ2v) is 4.38. The van der Waals surface area contributed by atoms with Crippen LogP contribution < -0.4 is 15.8 Å². The summed E-state index contributed by atoms with van der Waals surface area (Å²) in [6.07, 6.45) is 3.02. The van der Waals surface area contributed by atoms with Gasteiger partial charge >= 0.3 is 0 Å². The van der Waals surface area contributed by atoms with E-state index in [1.165, 1.54) is 19.3 Å². The Morgan fingerprint density at radius 1 is 1.29 bits per heavy atom. The summed E-state index contributed by atoms with van der Waals surface area (Å²) in [5.41, 5.74) is 7.43. The van der Waals surface area contributed by atoms with E-state index < -0.39 is 0 Å². The highest BCUT2D eigenvalue weighted by Crippen LogP contribution is 2.27. The Labute approximate surface area is 122 Å². The Morgan fingerprint density at radius 3 is 2.76 bits per heavy atom. The molecule has 0 saturated heterocycles. The molecule has 5 heteroatoms.